The lowest BCUT2D eigenvalue weighted by Crippen LogP contribution is -2.11. The second kappa shape index (κ2) is 5.92. The Balaban J connectivity index is 2.12. The SMILES string of the molecule is O=[N+]([O-])c1ccc(S(=O)(=O)SC2CCCCC2)cc1. The molecule has 0 bridgehead atoms. The summed E-state index contributed by atoms with van der Waals surface area (Å²) < 4.78 is 24.3. The first-order chi connectivity index (χ1) is 8.99. The van der Waals surface area contributed by atoms with E-state index in [9.17, 15) is 18.5 Å². The van der Waals surface area contributed by atoms with Crippen molar-refractivity contribution < 1.29 is 13.3 Å². The summed E-state index contributed by atoms with van der Waals surface area (Å²) in [6.45, 7) is 0. The van der Waals surface area contributed by atoms with Crippen LogP contribution in [0.25, 0.3) is 0 Å². The summed E-state index contributed by atoms with van der Waals surface area (Å²) in [5, 5.41) is 10.7. The second-order valence-electron chi connectivity index (χ2n) is 4.56. The number of nitro benzene ring substituents is 1. The van der Waals surface area contributed by atoms with Crippen molar-refractivity contribution in [2.24, 2.45) is 0 Å². The molecule has 1 aliphatic carbocycles. The smallest absolute Gasteiger partial charge is 0.258 e. The molecule has 0 amide bonds. The fraction of sp³-hybridized carbons (Fsp3) is 0.500. The van der Waals surface area contributed by atoms with E-state index in [0.29, 0.717) is 0 Å². The molecule has 2 rings (SSSR count). The first-order valence-electron chi connectivity index (χ1n) is 6.17. The van der Waals surface area contributed by atoms with Gasteiger partial charge in [-0.3, -0.25) is 10.1 Å². The van der Waals surface area contributed by atoms with E-state index in [4.69, 9.17) is 0 Å². The van der Waals surface area contributed by atoms with Gasteiger partial charge < -0.3 is 0 Å². The normalized spacial score (nSPS) is 17.3. The molecule has 19 heavy (non-hydrogen) atoms. The first-order valence-corrected chi connectivity index (χ1v) is 9.05. The summed E-state index contributed by atoms with van der Waals surface area (Å²) in [7, 11) is -2.42. The quantitative estimate of drug-likeness (QED) is 0.484. The third kappa shape index (κ3) is 3.70. The molecule has 1 aromatic rings. The predicted molar refractivity (Wildman–Crippen MR) is 74.7 cm³/mol. The van der Waals surface area contributed by atoms with E-state index in [1.165, 1.54) is 30.7 Å². The van der Waals surface area contributed by atoms with Crippen LogP contribution in [-0.2, 0) is 8.87 Å². The molecule has 0 saturated heterocycles. The maximum Gasteiger partial charge on any atom is 0.269 e. The summed E-state index contributed by atoms with van der Waals surface area (Å²) in [5.74, 6) is 0. The fourth-order valence-corrected chi connectivity index (χ4v) is 5.91. The Bertz CT molecular complexity index is 548. The van der Waals surface area contributed by atoms with Gasteiger partial charge in [0, 0.05) is 17.4 Å². The molecule has 0 radical (unpaired) electrons. The van der Waals surface area contributed by atoms with Gasteiger partial charge in [0.15, 0.2) is 0 Å². The van der Waals surface area contributed by atoms with Crippen LogP contribution < -0.4 is 0 Å². The largest absolute Gasteiger partial charge is 0.269 e. The molecule has 0 heterocycles. The maximum atomic E-state index is 12.2. The summed E-state index contributed by atoms with van der Waals surface area (Å²) in [6.07, 6.45) is 5.18. The zero-order chi connectivity index (χ0) is 13.9. The molecular weight excluding hydrogens is 286 g/mol. The minimum absolute atomic E-state index is 0.0957. The Kier molecular flexibility index (Phi) is 4.46. The number of non-ortho nitro benzene ring substituents is 1. The zero-order valence-electron chi connectivity index (χ0n) is 10.3. The van der Waals surface area contributed by atoms with Gasteiger partial charge in [0.25, 0.3) is 5.69 Å². The highest BCUT2D eigenvalue weighted by molar-refractivity contribution is 8.72. The Morgan fingerprint density at radius 3 is 2.21 bits per heavy atom. The van der Waals surface area contributed by atoms with Crippen molar-refractivity contribution in [2.45, 2.75) is 42.2 Å². The van der Waals surface area contributed by atoms with Gasteiger partial charge >= 0.3 is 0 Å². The number of rotatable bonds is 4. The van der Waals surface area contributed by atoms with Gasteiger partial charge in [0.2, 0.25) is 8.87 Å². The topological polar surface area (TPSA) is 77.3 Å². The van der Waals surface area contributed by atoms with Crippen molar-refractivity contribution >= 4 is 25.4 Å². The molecule has 7 heteroatoms. The van der Waals surface area contributed by atoms with E-state index in [0.717, 1.165) is 36.5 Å². The van der Waals surface area contributed by atoms with Crippen LogP contribution in [0.5, 0.6) is 0 Å². The van der Waals surface area contributed by atoms with Crippen LogP contribution in [0.15, 0.2) is 29.2 Å². The standard InChI is InChI=1S/C12H15NO4S2/c14-13(15)10-6-8-12(9-7-10)19(16,17)18-11-4-2-1-3-5-11/h6-9,11H,1-5H2. The summed E-state index contributed by atoms with van der Waals surface area (Å²) in [5.41, 5.74) is -0.0957. The van der Waals surface area contributed by atoms with Crippen molar-refractivity contribution in [1.82, 2.24) is 0 Å². The molecule has 0 aromatic heterocycles. The zero-order valence-corrected chi connectivity index (χ0v) is 12.0. The molecule has 0 atom stereocenters. The van der Waals surface area contributed by atoms with Crippen LogP contribution in [-0.4, -0.2) is 18.6 Å². The van der Waals surface area contributed by atoms with Gasteiger partial charge in [0.05, 0.1) is 9.82 Å². The Morgan fingerprint density at radius 2 is 1.68 bits per heavy atom. The monoisotopic (exact) mass is 301 g/mol. The van der Waals surface area contributed by atoms with Crippen molar-refractivity contribution in [3.63, 3.8) is 0 Å². The van der Waals surface area contributed by atoms with Gasteiger partial charge in [-0.1, -0.05) is 19.3 Å². The van der Waals surface area contributed by atoms with Crippen LogP contribution in [0.1, 0.15) is 32.1 Å². The number of nitrogens with zero attached hydrogens (tertiary/aromatic N) is 1. The third-order valence-electron chi connectivity index (χ3n) is 3.15. The average Bonchev–Trinajstić information content (AvgIpc) is 2.39. The van der Waals surface area contributed by atoms with E-state index >= 15 is 0 Å². The van der Waals surface area contributed by atoms with E-state index in [1.807, 2.05) is 0 Å². The van der Waals surface area contributed by atoms with Gasteiger partial charge in [-0.15, -0.1) is 0 Å². The van der Waals surface area contributed by atoms with Crippen LogP contribution in [0, 0.1) is 10.1 Å². The van der Waals surface area contributed by atoms with Gasteiger partial charge in [0.1, 0.15) is 0 Å². The van der Waals surface area contributed by atoms with Crippen LogP contribution in [0.3, 0.4) is 0 Å². The first kappa shape index (κ1) is 14.3. The predicted octanol–water partition coefficient (Wildman–Crippen LogP) is 3.35. The Labute approximate surface area is 115 Å². The van der Waals surface area contributed by atoms with Crippen molar-refractivity contribution in [1.29, 1.82) is 0 Å². The maximum absolute atomic E-state index is 12.2. The highest BCUT2D eigenvalue weighted by Gasteiger charge is 2.24. The molecule has 5 nitrogen and oxygen atoms in total. The lowest BCUT2D eigenvalue weighted by atomic mass is 10.0. The highest BCUT2D eigenvalue weighted by Crippen LogP contribution is 2.35. The molecule has 0 spiro atoms. The van der Waals surface area contributed by atoms with Crippen LogP contribution >= 0.6 is 10.8 Å². The van der Waals surface area contributed by atoms with Crippen molar-refractivity contribution in [2.75, 3.05) is 0 Å². The Hall–Kier alpha value is -1.08. The second-order valence-corrected chi connectivity index (χ2v) is 8.69. The minimum Gasteiger partial charge on any atom is -0.258 e. The molecular formula is C12H15NO4S2. The molecule has 0 N–H and O–H groups in total. The highest BCUT2D eigenvalue weighted by atomic mass is 33.1. The Morgan fingerprint density at radius 1 is 1.11 bits per heavy atom. The number of benzene rings is 1. The van der Waals surface area contributed by atoms with Crippen molar-refractivity contribution in [3.8, 4) is 0 Å². The molecule has 0 unspecified atom stereocenters. The molecule has 1 aromatic carbocycles. The molecule has 104 valence electrons. The van der Waals surface area contributed by atoms with Gasteiger partial charge in [-0.25, -0.2) is 8.42 Å². The van der Waals surface area contributed by atoms with Gasteiger partial charge in [-0.05, 0) is 35.8 Å². The van der Waals surface area contributed by atoms with E-state index < -0.39 is 13.8 Å². The van der Waals surface area contributed by atoms with Crippen LogP contribution in [0.2, 0.25) is 0 Å². The lowest BCUT2D eigenvalue weighted by Gasteiger charge is -2.20. The lowest BCUT2D eigenvalue weighted by molar-refractivity contribution is -0.384. The van der Waals surface area contributed by atoms with Gasteiger partial charge in [-0.2, -0.15) is 0 Å². The molecule has 1 aliphatic rings. The third-order valence-corrected chi connectivity index (χ3v) is 7.15. The summed E-state index contributed by atoms with van der Waals surface area (Å²) >= 11 is 0. The van der Waals surface area contributed by atoms with Crippen molar-refractivity contribution in [3.05, 3.63) is 34.4 Å². The molecule has 0 aliphatic heterocycles. The average molecular weight is 301 g/mol. The minimum atomic E-state index is -3.41. The summed E-state index contributed by atoms with van der Waals surface area (Å²) in [6, 6.07) is 5.08. The number of nitro groups is 1. The summed E-state index contributed by atoms with van der Waals surface area (Å²) in [4.78, 5) is 10.1. The molecule has 1 saturated carbocycles. The van der Waals surface area contributed by atoms with E-state index in [2.05, 4.69) is 0 Å². The van der Waals surface area contributed by atoms with E-state index in [-0.39, 0.29) is 15.8 Å². The molecule has 1 fully saturated rings. The van der Waals surface area contributed by atoms with E-state index in [1.54, 1.807) is 0 Å². The van der Waals surface area contributed by atoms with Crippen LogP contribution in [0.4, 0.5) is 5.69 Å². The number of hydrogen-bond acceptors (Lipinski definition) is 5. The fourth-order valence-electron chi connectivity index (χ4n) is 2.13. The number of hydrogen-bond donors (Lipinski definition) is 0.